The molecule has 0 aliphatic rings. The van der Waals surface area contributed by atoms with Gasteiger partial charge in [-0.3, -0.25) is 14.9 Å². The highest BCUT2D eigenvalue weighted by atomic mass is 31.2. The monoisotopic (exact) mass is 263 g/mol. The standard InChI is InChI=1S/C5H15NO7P2/c6-5(7,15(11,12)13)3-1-2-4-14(8,9)10/h7H,1-4,6H2,(H2,8,9,10)(H2,11,12,13). The van der Waals surface area contributed by atoms with Crippen LogP contribution in [0, 0.1) is 0 Å². The van der Waals surface area contributed by atoms with Gasteiger partial charge in [-0.2, -0.15) is 0 Å². The van der Waals surface area contributed by atoms with Gasteiger partial charge in [0.2, 0.25) is 5.47 Å². The number of rotatable bonds is 6. The van der Waals surface area contributed by atoms with Crippen LogP contribution in [0.2, 0.25) is 0 Å². The third-order valence-electron chi connectivity index (χ3n) is 1.75. The molecule has 0 radical (unpaired) electrons. The highest BCUT2D eigenvalue weighted by molar-refractivity contribution is 7.53. The van der Waals surface area contributed by atoms with E-state index in [-0.39, 0.29) is 12.8 Å². The van der Waals surface area contributed by atoms with E-state index in [1.807, 2.05) is 0 Å². The first-order valence-electron chi connectivity index (χ1n) is 4.07. The maximum Gasteiger partial charge on any atom is 0.371 e. The van der Waals surface area contributed by atoms with E-state index in [1.165, 1.54) is 0 Å². The number of aliphatic hydroxyl groups is 1. The molecule has 0 rings (SSSR count). The van der Waals surface area contributed by atoms with Gasteiger partial charge in [-0.05, 0) is 12.8 Å². The van der Waals surface area contributed by atoms with Crippen molar-refractivity contribution in [1.29, 1.82) is 0 Å². The van der Waals surface area contributed by atoms with E-state index in [1.54, 1.807) is 0 Å². The van der Waals surface area contributed by atoms with E-state index < -0.39 is 33.2 Å². The summed E-state index contributed by atoms with van der Waals surface area (Å²) in [6, 6.07) is 0. The molecule has 1 atom stereocenters. The smallest absolute Gasteiger partial charge is 0.366 e. The lowest BCUT2D eigenvalue weighted by molar-refractivity contribution is 0.0862. The molecule has 10 heteroatoms. The Kier molecular flexibility index (Phi) is 5.11. The predicted molar refractivity (Wildman–Crippen MR) is 51.9 cm³/mol. The molecule has 0 aromatic rings. The summed E-state index contributed by atoms with van der Waals surface area (Å²) in [5.41, 5.74) is 2.32. The minimum absolute atomic E-state index is 0.0171. The molecule has 0 bridgehead atoms. The minimum atomic E-state index is -4.81. The van der Waals surface area contributed by atoms with Gasteiger partial charge in [0.05, 0.1) is 0 Å². The van der Waals surface area contributed by atoms with Crippen molar-refractivity contribution < 1.29 is 33.8 Å². The summed E-state index contributed by atoms with van der Waals surface area (Å²) in [6.07, 6.45) is -0.769. The zero-order valence-corrected chi connectivity index (χ0v) is 9.64. The van der Waals surface area contributed by atoms with Crippen molar-refractivity contribution in [2.75, 3.05) is 6.16 Å². The zero-order chi connectivity index (χ0) is 12.3. The Morgan fingerprint density at radius 3 is 1.87 bits per heavy atom. The summed E-state index contributed by atoms with van der Waals surface area (Å²) >= 11 is 0. The first-order valence-corrected chi connectivity index (χ1v) is 7.48. The highest BCUT2D eigenvalue weighted by Crippen LogP contribution is 2.48. The second-order valence-corrected chi connectivity index (χ2v) is 6.91. The second-order valence-electron chi connectivity index (χ2n) is 3.27. The van der Waals surface area contributed by atoms with Crippen LogP contribution in [-0.4, -0.2) is 36.3 Å². The Morgan fingerprint density at radius 2 is 1.53 bits per heavy atom. The fraction of sp³-hybridized carbons (Fsp3) is 1.00. The van der Waals surface area contributed by atoms with Crippen LogP contribution in [0.25, 0.3) is 0 Å². The zero-order valence-electron chi connectivity index (χ0n) is 7.85. The number of hydrogen-bond donors (Lipinski definition) is 6. The molecule has 0 spiro atoms. The summed E-state index contributed by atoms with van der Waals surface area (Å²) in [4.78, 5) is 34.1. The minimum Gasteiger partial charge on any atom is -0.366 e. The lowest BCUT2D eigenvalue weighted by Gasteiger charge is -2.23. The van der Waals surface area contributed by atoms with Crippen LogP contribution in [0.1, 0.15) is 19.3 Å². The van der Waals surface area contributed by atoms with Crippen molar-refractivity contribution in [1.82, 2.24) is 0 Å². The molecule has 1 unspecified atom stereocenters. The van der Waals surface area contributed by atoms with Crippen molar-refractivity contribution >= 4 is 15.2 Å². The Balaban J connectivity index is 3.98. The van der Waals surface area contributed by atoms with Gasteiger partial charge in [-0.1, -0.05) is 0 Å². The molecule has 0 aromatic carbocycles. The molecule has 7 N–H and O–H groups in total. The molecule has 15 heavy (non-hydrogen) atoms. The second kappa shape index (κ2) is 5.03. The lowest BCUT2D eigenvalue weighted by Crippen LogP contribution is -2.39. The Morgan fingerprint density at radius 1 is 1.07 bits per heavy atom. The molecular weight excluding hydrogens is 248 g/mol. The van der Waals surface area contributed by atoms with E-state index in [4.69, 9.17) is 30.4 Å². The van der Waals surface area contributed by atoms with Gasteiger partial charge in [0, 0.05) is 12.6 Å². The van der Waals surface area contributed by atoms with Gasteiger partial charge in [0.25, 0.3) is 0 Å². The van der Waals surface area contributed by atoms with E-state index in [9.17, 15) is 9.13 Å². The van der Waals surface area contributed by atoms with Crippen LogP contribution in [-0.2, 0) is 9.13 Å². The Labute approximate surface area is 86.4 Å². The Bertz CT molecular complexity index is 292. The van der Waals surface area contributed by atoms with Crippen molar-refractivity contribution in [3.63, 3.8) is 0 Å². The van der Waals surface area contributed by atoms with Crippen LogP contribution in [0.15, 0.2) is 0 Å². The lowest BCUT2D eigenvalue weighted by atomic mass is 10.2. The third kappa shape index (κ3) is 6.40. The van der Waals surface area contributed by atoms with Crippen LogP contribution in [0.4, 0.5) is 0 Å². The van der Waals surface area contributed by atoms with Crippen molar-refractivity contribution in [3.05, 3.63) is 0 Å². The quantitative estimate of drug-likeness (QED) is 0.204. The van der Waals surface area contributed by atoms with Crippen LogP contribution in [0.3, 0.4) is 0 Å². The van der Waals surface area contributed by atoms with Crippen LogP contribution < -0.4 is 5.73 Å². The first-order chi connectivity index (χ1) is 6.46. The Hall–Kier alpha value is 0.220. The molecule has 0 saturated carbocycles. The number of hydrogen-bond acceptors (Lipinski definition) is 4. The van der Waals surface area contributed by atoms with Crippen LogP contribution in [0.5, 0.6) is 0 Å². The van der Waals surface area contributed by atoms with Crippen LogP contribution >= 0.6 is 15.2 Å². The van der Waals surface area contributed by atoms with Gasteiger partial charge >= 0.3 is 15.2 Å². The molecule has 0 aromatic heterocycles. The van der Waals surface area contributed by atoms with E-state index in [2.05, 4.69) is 0 Å². The van der Waals surface area contributed by atoms with Gasteiger partial charge in [-0.15, -0.1) is 0 Å². The molecule has 0 fully saturated rings. The third-order valence-corrected chi connectivity index (χ3v) is 3.88. The number of nitrogens with two attached hydrogens (primary N) is 1. The van der Waals surface area contributed by atoms with Gasteiger partial charge in [0.1, 0.15) is 0 Å². The summed E-state index contributed by atoms with van der Waals surface area (Å²) in [5, 5.41) is 9.10. The van der Waals surface area contributed by atoms with Crippen molar-refractivity contribution in [3.8, 4) is 0 Å². The normalized spacial score (nSPS) is 17.5. The summed E-state index contributed by atoms with van der Waals surface area (Å²) < 4.78 is 21.0. The largest absolute Gasteiger partial charge is 0.371 e. The van der Waals surface area contributed by atoms with E-state index >= 15 is 0 Å². The molecule has 0 heterocycles. The topological polar surface area (TPSA) is 161 Å². The molecular formula is C5H15NO7P2. The highest BCUT2D eigenvalue weighted by Gasteiger charge is 2.40. The maximum absolute atomic E-state index is 10.6. The summed E-state index contributed by atoms with van der Waals surface area (Å²) in [7, 11) is -8.92. The van der Waals surface area contributed by atoms with E-state index in [0.717, 1.165) is 0 Å². The molecule has 92 valence electrons. The first kappa shape index (κ1) is 15.2. The van der Waals surface area contributed by atoms with Crippen molar-refractivity contribution in [2.24, 2.45) is 5.73 Å². The van der Waals surface area contributed by atoms with Gasteiger partial charge in [0.15, 0.2) is 0 Å². The molecule has 0 amide bonds. The fourth-order valence-electron chi connectivity index (χ4n) is 0.849. The fourth-order valence-corrected chi connectivity index (χ4v) is 1.93. The molecule has 0 aliphatic heterocycles. The maximum atomic E-state index is 10.6. The SMILES string of the molecule is NC(O)(CCCCP(=O)(O)O)P(=O)(O)O. The average Bonchev–Trinajstić information content (AvgIpc) is 1.94. The van der Waals surface area contributed by atoms with Gasteiger partial charge < -0.3 is 24.7 Å². The average molecular weight is 263 g/mol. The number of unbranched alkanes of at least 4 members (excludes halogenated alkanes) is 1. The van der Waals surface area contributed by atoms with Crippen molar-refractivity contribution in [2.45, 2.75) is 24.7 Å². The molecule has 0 aliphatic carbocycles. The predicted octanol–water partition coefficient (Wildman–Crippen LogP) is -0.883. The summed E-state index contributed by atoms with van der Waals surface area (Å²) in [6.45, 7) is 0. The van der Waals surface area contributed by atoms with Gasteiger partial charge in [-0.25, -0.2) is 0 Å². The summed E-state index contributed by atoms with van der Waals surface area (Å²) in [5.74, 6) is 0. The molecule has 8 nitrogen and oxygen atoms in total. The van der Waals surface area contributed by atoms with E-state index in [0.29, 0.717) is 0 Å². The molecule has 0 saturated heterocycles.